The van der Waals surface area contributed by atoms with Crippen LogP contribution in [0, 0.1) is 31.6 Å². The van der Waals surface area contributed by atoms with E-state index in [1.807, 2.05) is 0 Å². The summed E-state index contributed by atoms with van der Waals surface area (Å²) >= 11 is 0. The average Bonchev–Trinajstić information content (AvgIpc) is 2.29. The molecule has 0 heterocycles. The van der Waals surface area contributed by atoms with Crippen molar-refractivity contribution in [1.29, 1.82) is 0 Å². The van der Waals surface area contributed by atoms with Gasteiger partial charge in [0.1, 0.15) is 0 Å². The van der Waals surface area contributed by atoms with Crippen LogP contribution >= 0.6 is 0 Å². The molecule has 1 nitrogen and oxygen atoms in total. The second-order valence-corrected chi connectivity index (χ2v) is 8.09. The lowest BCUT2D eigenvalue weighted by atomic mass is 9.55. The van der Waals surface area contributed by atoms with Gasteiger partial charge in [-0.3, -0.25) is 0 Å². The highest BCUT2D eigenvalue weighted by atomic mass is 14.9. The Morgan fingerprint density at radius 2 is 1.62 bits per heavy atom. The lowest BCUT2D eigenvalue weighted by Crippen LogP contribution is -2.50. The van der Waals surface area contributed by atoms with Crippen molar-refractivity contribution in [2.24, 2.45) is 17.8 Å². The van der Waals surface area contributed by atoms with Gasteiger partial charge >= 0.3 is 0 Å². The molecule has 1 aliphatic rings. The number of hydrogen-bond acceptors (Lipinski definition) is 1. The molecule has 1 saturated carbocycles. The summed E-state index contributed by atoms with van der Waals surface area (Å²) in [5.74, 6) is 2.43. The maximum absolute atomic E-state index is 3.72. The lowest BCUT2D eigenvalue weighted by molar-refractivity contribution is 0.0970. The largest absolute Gasteiger partial charge is 0.316 e. The molecule has 1 heteroatoms. The summed E-state index contributed by atoms with van der Waals surface area (Å²) in [6.45, 7) is 16.0. The Morgan fingerprint density at radius 3 is 2.10 bits per heavy atom. The van der Waals surface area contributed by atoms with Crippen molar-refractivity contribution in [3.05, 3.63) is 34.9 Å². The van der Waals surface area contributed by atoms with Gasteiger partial charge in [-0.15, -0.1) is 0 Å². The van der Waals surface area contributed by atoms with Gasteiger partial charge < -0.3 is 5.32 Å². The highest BCUT2D eigenvalue weighted by molar-refractivity contribution is 5.36. The van der Waals surface area contributed by atoms with Crippen LogP contribution in [0.3, 0.4) is 0 Å². The van der Waals surface area contributed by atoms with Crippen molar-refractivity contribution >= 4 is 0 Å². The molecule has 1 fully saturated rings. The third kappa shape index (κ3) is 3.88. The second-order valence-electron chi connectivity index (χ2n) is 8.09. The predicted octanol–water partition coefficient (Wildman–Crippen LogP) is 4.85. The molecule has 1 aromatic rings. The van der Waals surface area contributed by atoms with Gasteiger partial charge in [0.2, 0.25) is 0 Å². The number of hydrogen-bond donors (Lipinski definition) is 1. The minimum Gasteiger partial charge on any atom is -0.316 e. The van der Waals surface area contributed by atoms with Crippen LogP contribution in [0.2, 0.25) is 0 Å². The van der Waals surface area contributed by atoms with Crippen molar-refractivity contribution in [2.75, 3.05) is 13.1 Å². The third-order valence-corrected chi connectivity index (χ3v) is 5.10. The summed E-state index contributed by atoms with van der Waals surface area (Å²) in [6.07, 6.45) is 2.69. The van der Waals surface area contributed by atoms with Crippen molar-refractivity contribution in [3.8, 4) is 0 Å². The molecule has 0 aliphatic heterocycles. The average molecular weight is 287 g/mol. The fourth-order valence-corrected chi connectivity index (χ4v) is 3.78. The van der Waals surface area contributed by atoms with E-state index in [0.717, 1.165) is 30.8 Å². The van der Waals surface area contributed by atoms with Crippen LogP contribution in [0.4, 0.5) is 0 Å². The third-order valence-electron chi connectivity index (χ3n) is 5.10. The number of nitrogens with one attached hydrogen (secondary N) is 1. The topological polar surface area (TPSA) is 12.0 Å². The lowest BCUT2D eigenvalue weighted by Gasteiger charge is -2.50. The molecule has 0 radical (unpaired) electrons. The van der Waals surface area contributed by atoms with E-state index < -0.39 is 0 Å². The van der Waals surface area contributed by atoms with Crippen LogP contribution in [0.1, 0.15) is 57.2 Å². The number of benzene rings is 1. The fraction of sp³-hybridized carbons (Fsp3) is 0.700. The first-order valence-corrected chi connectivity index (χ1v) is 8.62. The minimum absolute atomic E-state index is 0.376. The van der Waals surface area contributed by atoms with E-state index in [1.54, 1.807) is 5.56 Å². The summed E-state index contributed by atoms with van der Waals surface area (Å²) in [4.78, 5) is 0. The zero-order valence-corrected chi connectivity index (χ0v) is 14.8. The molecule has 0 bridgehead atoms. The molecule has 0 spiro atoms. The van der Waals surface area contributed by atoms with Gasteiger partial charge in [0.15, 0.2) is 0 Å². The maximum Gasteiger partial charge on any atom is 0.00834 e. The second kappa shape index (κ2) is 6.52. The van der Waals surface area contributed by atoms with Gasteiger partial charge in [-0.1, -0.05) is 57.0 Å². The Labute approximate surface area is 131 Å². The first-order chi connectivity index (χ1) is 9.82. The molecular weight excluding hydrogens is 254 g/mol. The Hall–Kier alpha value is -0.820. The van der Waals surface area contributed by atoms with Crippen molar-refractivity contribution in [3.63, 3.8) is 0 Å². The predicted molar refractivity (Wildman–Crippen MR) is 92.9 cm³/mol. The smallest absolute Gasteiger partial charge is 0.00834 e. The Kier molecular flexibility index (Phi) is 5.14. The molecule has 1 aliphatic carbocycles. The highest BCUT2D eigenvalue weighted by Crippen LogP contribution is 2.50. The van der Waals surface area contributed by atoms with E-state index in [4.69, 9.17) is 0 Å². The van der Waals surface area contributed by atoms with E-state index in [2.05, 4.69) is 65.1 Å². The van der Waals surface area contributed by atoms with Gasteiger partial charge in [-0.05, 0) is 56.6 Å². The van der Waals surface area contributed by atoms with Gasteiger partial charge in [0.05, 0.1) is 0 Å². The fourth-order valence-electron chi connectivity index (χ4n) is 3.78. The molecule has 0 amide bonds. The zero-order valence-electron chi connectivity index (χ0n) is 14.8. The van der Waals surface area contributed by atoms with E-state index in [-0.39, 0.29) is 0 Å². The summed E-state index contributed by atoms with van der Waals surface area (Å²) in [7, 11) is 0. The Bertz CT molecular complexity index is 446. The summed E-state index contributed by atoms with van der Waals surface area (Å²) in [6, 6.07) is 7.12. The quantitative estimate of drug-likeness (QED) is 0.788. The van der Waals surface area contributed by atoms with Crippen LogP contribution in [-0.2, 0) is 5.41 Å². The van der Waals surface area contributed by atoms with Crippen LogP contribution in [0.25, 0.3) is 0 Å². The SMILES string of the molecule is Cc1cc(C)cc(C2(CNCC(C)C)CC(C(C)C)C2)c1. The molecule has 1 N–H and O–H groups in total. The van der Waals surface area contributed by atoms with E-state index >= 15 is 0 Å². The Morgan fingerprint density at radius 1 is 1.05 bits per heavy atom. The van der Waals surface area contributed by atoms with Crippen molar-refractivity contribution in [2.45, 2.75) is 59.8 Å². The molecule has 0 unspecified atom stereocenters. The van der Waals surface area contributed by atoms with E-state index in [1.165, 1.54) is 24.0 Å². The zero-order chi connectivity index (χ0) is 15.6. The van der Waals surface area contributed by atoms with Crippen LogP contribution in [-0.4, -0.2) is 13.1 Å². The minimum atomic E-state index is 0.376. The summed E-state index contributed by atoms with van der Waals surface area (Å²) in [5.41, 5.74) is 4.75. The molecule has 1 aromatic carbocycles. The molecule has 0 saturated heterocycles. The van der Waals surface area contributed by atoms with Crippen LogP contribution in [0.5, 0.6) is 0 Å². The van der Waals surface area contributed by atoms with Crippen LogP contribution < -0.4 is 5.32 Å². The van der Waals surface area contributed by atoms with Gasteiger partial charge in [0.25, 0.3) is 0 Å². The number of aryl methyl sites for hydroxylation is 2. The van der Waals surface area contributed by atoms with Gasteiger partial charge in [0, 0.05) is 12.0 Å². The summed E-state index contributed by atoms with van der Waals surface area (Å²) < 4.78 is 0. The van der Waals surface area contributed by atoms with Crippen molar-refractivity contribution < 1.29 is 0 Å². The van der Waals surface area contributed by atoms with Gasteiger partial charge in [-0.25, -0.2) is 0 Å². The molecule has 2 rings (SSSR count). The highest BCUT2D eigenvalue weighted by Gasteiger charge is 2.46. The first-order valence-electron chi connectivity index (χ1n) is 8.62. The van der Waals surface area contributed by atoms with Crippen LogP contribution in [0.15, 0.2) is 18.2 Å². The van der Waals surface area contributed by atoms with Crippen molar-refractivity contribution in [1.82, 2.24) is 5.32 Å². The standard InChI is InChI=1S/C20H33N/c1-14(2)12-21-13-20(10-18(11-20)15(3)4)19-8-16(5)7-17(6)9-19/h7-9,14-15,18,21H,10-13H2,1-6H3. The Balaban J connectivity index is 2.16. The number of rotatable bonds is 6. The summed E-state index contributed by atoms with van der Waals surface area (Å²) in [5, 5.41) is 3.72. The molecule has 21 heavy (non-hydrogen) atoms. The van der Waals surface area contributed by atoms with Gasteiger partial charge in [-0.2, -0.15) is 0 Å². The molecule has 0 atom stereocenters. The normalized spacial score (nSPS) is 25.4. The van der Waals surface area contributed by atoms with E-state index in [0.29, 0.717) is 5.41 Å². The monoisotopic (exact) mass is 287 g/mol. The first kappa shape index (κ1) is 16.5. The van der Waals surface area contributed by atoms with E-state index in [9.17, 15) is 0 Å². The molecule has 0 aromatic heterocycles. The molecular formula is C20H33N. The maximum atomic E-state index is 3.72. The molecule has 118 valence electrons.